The van der Waals surface area contributed by atoms with Crippen LogP contribution in [0.5, 0.6) is 0 Å². The first kappa shape index (κ1) is 15.5. The molecule has 0 aliphatic carbocycles. The molecule has 6 heteroatoms. The third-order valence-electron chi connectivity index (χ3n) is 4.68. The van der Waals surface area contributed by atoms with Gasteiger partial charge in [-0.25, -0.2) is 0 Å². The number of aryl methyl sites for hydroxylation is 1. The maximum Gasteiger partial charge on any atom is 0.256 e. The Morgan fingerprint density at radius 3 is 2.88 bits per heavy atom. The van der Waals surface area contributed by atoms with Gasteiger partial charge in [0.15, 0.2) is 5.82 Å². The summed E-state index contributed by atoms with van der Waals surface area (Å²) in [5.41, 5.74) is 11.6. The standard InChI is InChI=1S/C19H21N5O/c1-3-21-18-15-7-14(16(20)8-17(15)22-23-18)19(25)24-9-12-5-4-11(2)6-13(12)10-24/h4-8H,3,9-10,20H2,1-2H3,(H2,21,22,23). The van der Waals surface area contributed by atoms with Gasteiger partial charge in [0.2, 0.25) is 0 Å². The Kier molecular flexibility index (Phi) is 3.60. The van der Waals surface area contributed by atoms with Crippen LogP contribution in [0.4, 0.5) is 11.5 Å². The van der Waals surface area contributed by atoms with Crippen LogP contribution in [0.3, 0.4) is 0 Å². The summed E-state index contributed by atoms with van der Waals surface area (Å²) in [6, 6.07) is 9.95. The van der Waals surface area contributed by atoms with Gasteiger partial charge in [-0.05, 0) is 37.1 Å². The minimum atomic E-state index is -0.0445. The fraction of sp³-hybridized carbons (Fsp3) is 0.263. The van der Waals surface area contributed by atoms with Crippen molar-refractivity contribution >= 4 is 28.3 Å². The molecule has 6 nitrogen and oxygen atoms in total. The van der Waals surface area contributed by atoms with Crippen molar-refractivity contribution < 1.29 is 4.79 Å². The highest BCUT2D eigenvalue weighted by Crippen LogP contribution is 2.30. The van der Waals surface area contributed by atoms with Crippen LogP contribution >= 0.6 is 0 Å². The Balaban J connectivity index is 1.68. The molecule has 0 atom stereocenters. The SMILES string of the molecule is CCNc1n[nH]c2cc(N)c(C(=O)N3Cc4ccc(C)cc4C3)cc12. The first-order valence-corrected chi connectivity index (χ1v) is 8.46. The Hall–Kier alpha value is -3.02. The minimum absolute atomic E-state index is 0.0445. The zero-order valence-corrected chi connectivity index (χ0v) is 14.4. The average Bonchev–Trinajstić information content (AvgIpc) is 3.17. The Morgan fingerprint density at radius 1 is 1.28 bits per heavy atom. The first-order valence-electron chi connectivity index (χ1n) is 8.46. The van der Waals surface area contributed by atoms with Crippen molar-refractivity contribution in [2.75, 3.05) is 17.6 Å². The summed E-state index contributed by atoms with van der Waals surface area (Å²) in [6.07, 6.45) is 0. The molecule has 1 amide bonds. The molecule has 0 bridgehead atoms. The van der Waals surface area contributed by atoms with E-state index in [0.717, 1.165) is 23.3 Å². The fourth-order valence-corrected chi connectivity index (χ4v) is 3.41. The summed E-state index contributed by atoms with van der Waals surface area (Å²) in [7, 11) is 0. The molecule has 128 valence electrons. The summed E-state index contributed by atoms with van der Waals surface area (Å²) in [6.45, 7) is 6.08. The minimum Gasteiger partial charge on any atom is -0.398 e. The van der Waals surface area contributed by atoms with E-state index < -0.39 is 0 Å². The molecule has 0 unspecified atom stereocenters. The van der Waals surface area contributed by atoms with Crippen molar-refractivity contribution in [3.8, 4) is 0 Å². The number of H-pyrrole nitrogens is 1. The second-order valence-electron chi connectivity index (χ2n) is 6.52. The summed E-state index contributed by atoms with van der Waals surface area (Å²) in [5.74, 6) is 0.698. The molecule has 2 heterocycles. The number of benzene rings is 2. The Bertz CT molecular complexity index is 975. The van der Waals surface area contributed by atoms with Gasteiger partial charge < -0.3 is 16.0 Å². The number of rotatable bonds is 3. The molecule has 0 radical (unpaired) electrons. The molecule has 3 aromatic rings. The van der Waals surface area contributed by atoms with Crippen LogP contribution in [-0.4, -0.2) is 27.5 Å². The first-order chi connectivity index (χ1) is 12.1. The number of nitrogens with one attached hydrogen (secondary N) is 2. The molecule has 1 aliphatic heterocycles. The van der Waals surface area contributed by atoms with Crippen molar-refractivity contribution in [1.29, 1.82) is 0 Å². The number of nitrogens with zero attached hydrogens (tertiary/aromatic N) is 2. The maximum atomic E-state index is 13.1. The van der Waals surface area contributed by atoms with Gasteiger partial charge in [-0.15, -0.1) is 0 Å². The maximum absolute atomic E-state index is 13.1. The molecule has 25 heavy (non-hydrogen) atoms. The predicted octanol–water partition coefficient (Wildman–Crippen LogP) is 3.04. The van der Waals surface area contributed by atoms with Crippen molar-refractivity contribution in [3.05, 3.63) is 52.6 Å². The van der Waals surface area contributed by atoms with E-state index in [-0.39, 0.29) is 5.91 Å². The van der Waals surface area contributed by atoms with Gasteiger partial charge in [0.05, 0.1) is 11.1 Å². The second kappa shape index (κ2) is 5.81. The lowest BCUT2D eigenvalue weighted by atomic mass is 10.1. The van der Waals surface area contributed by atoms with E-state index in [0.29, 0.717) is 24.3 Å². The number of nitrogen functional groups attached to an aromatic ring is 1. The lowest BCUT2D eigenvalue weighted by Crippen LogP contribution is -2.26. The van der Waals surface area contributed by atoms with Gasteiger partial charge in [0.1, 0.15) is 0 Å². The third kappa shape index (κ3) is 2.59. The van der Waals surface area contributed by atoms with Gasteiger partial charge in [0, 0.05) is 30.7 Å². The number of nitrogens with two attached hydrogens (primary N) is 1. The second-order valence-corrected chi connectivity index (χ2v) is 6.52. The van der Waals surface area contributed by atoms with E-state index >= 15 is 0 Å². The van der Waals surface area contributed by atoms with Gasteiger partial charge in [-0.3, -0.25) is 9.89 Å². The van der Waals surface area contributed by atoms with E-state index in [1.807, 2.05) is 17.9 Å². The van der Waals surface area contributed by atoms with Gasteiger partial charge in [0.25, 0.3) is 5.91 Å². The normalized spacial score (nSPS) is 13.3. The number of hydrogen-bond acceptors (Lipinski definition) is 4. The molecule has 4 N–H and O–H groups in total. The summed E-state index contributed by atoms with van der Waals surface area (Å²) in [5, 5.41) is 11.3. The van der Waals surface area contributed by atoms with E-state index in [4.69, 9.17) is 5.73 Å². The van der Waals surface area contributed by atoms with Crippen LogP contribution in [0, 0.1) is 6.92 Å². The number of carbonyl (C=O) groups is 1. The molecular formula is C19H21N5O. The molecule has 0 saturated heterocycles. The number of fused-ring (bicyclic) bond motifs is 2. The third-order valence-corrected chi connectivity index (χ3v) is 4.68. The molecule has 1 aromatic heterocycles. The number of aromatic nitrogens is 2. The molecule has 0 spiro atoms. The molecule has 1 aliphatic rings. The van der Waals surface area contributed by atoms with Crippen LogP contribution in [0.25, 0.3) is 10.9 Å². The zero-order chi connectivity index (χ0) is 17.6. The van der Waals surface area contributed by atoms with E-state index in [1.54, 1.807) is 6.07 Å². The van der Waals surface area contributed by atoms with Crippen LogP contribution < -0.4 is 11.1 Å². The van der Waals surface area contributed by atoms with E-state index in [9.17, 15) is 4.79 Å². The highest BCUT2D eigenvalue weighted by molar-refractivity contribution is 6.05. The molecule has 0 saturated carbocycles. The summed E-state index contributed by atoms with van der Waals surface area (Å²) in [4.78, 5) is 14.9. The lowest BCUT2D eigenvalue weighted by molar-refractivity contribution is 0.0752. The largest absolute Gasteiger partial charge is 0.398 e. The lowest BCUT2D eigenvalue weighted by Gasteiger charge is -2.17. The van der Waals surface area contributed by atoms with Gasteiger partial charge in [-0.1, -0.05) is 23.8 Å². The van der Waals surface area contributed by atoms with E-state index in [1.165, 1.54) is 16.7 Å². The highest BCUT2D eigenvalue weighted by atomic mass is 16.2. The summed E-state index contributed by atoms with van der Waals surface area (Å²) < 4.78 is 0. The topological polar surface area (TPSA) is 87.0 Å². The highest BCUT2D eigenvalue weighted by Gasteiger charge is 2.26. The number of hydrogen-bond donors (Lipinski definition) is 3. The number of amides is 1. The van der Waals surface area contributed by atoms with Crippen molar-refractivity contribution in [2.24, 2.45) is 0 Å². The van der Waals surface area contributed by atoms with Crippen LogP contribution in [0.15, 0.2) is 30.3 Å². The predicted molar refractivity (Wildman–Crippen MR) is 99.4 cm³/mol. The Labute approximate surface area is 146 Å². The molecule has 0 fully saturated rings. The van der Waals surface area contributed by atoms with Crippen molar-refractivity contribution in [3.63, 3.8) is 0 Å². The molecule has 4 rings (SSSR count). The van der Waals surface area contributed by atoms with E-state index in [2.05, 4.69) is 40.6 Å². The number of aromatic amines is 1. The Morgan fingerprint density at radius 2 is 2.08 bits per heavy atom. The quantitative estimate of drug-likeness (QED) is 0.642. The number of carbonyl (C=O) groups excluding carboxylic acids is 1. The smallest absolute Gasteiger partial charge is 0.256 e. The fourth-order valence-electron chi connectivity index (χ4n) is 3.41. The monoisotopic (exact) mass is 335 g/mol. The van der Waals surface area contributed by atoms with Gasteiger partial charge >= 0.3 is 0 Å². The molecule has 2 aromatic carbocycles. The van der Waals surface area contributed by atoms with Crippen LogP contribution in [0.1, 0.15) is 34.0 Å². The molecular weight excluding hydrogens is 314 g/mol. The number of anilines is 2. The average molecular weight is 335 g/mol. The van der Waals surface area contributed by atoms with Gasteiger partial charge in [-0.2, -0.15) is 5.10 Å². The summed E-state index contributed by atoms with van der Waals surface area (Å²) >= 11 is 0. The van der Waals surface area contributed by atoms with Crippen molar-refractivity contribution in [1.82, 2.24) is 15.1 Å². The van der Waals surface area contributed by atoms with Crippen molar-refractivity contribution in [2.45, 2.75) is 26.9 Å². The van der Waals surface area contributed by atoms with Crippen LogP contribution in [0.2, 0.25) is 0 Å². The van der Waals surface area contributed by atoms with Crippen LogP contribution in [-0.2, 0) is 13.1 Å². The zero-order valence-electron chi connectivity index (χ0n) is 14.4.